The molecule has 3 aromatic rings. The van der Waals surface area contributed by atoms with E-state index < -0.39 is 35.3 Å². The first-order valence-electron chi connectivity index (χ1n) is 8.09. The van der Waals surface area contributed by atoms with Crippen LogP contribution in [0.1, 0.15) is 24.0 Å². The third kappa shape index (κ3) is 4.15. The number of amides is 1. The Balaban J connectivity index is 1.95. The van der Waals surface area contributed by atoms with E-state index >= 15 is 0 Å². The lowest BCUT2D eigenvalue weighted by atomic mass is 10.1. The van der Waals surface area contributed by atoms with Gasteiger partial charge in [-0.3, -0.25) is 15.0 Å². The van der Waals surface area contributed by atoms with Gasteiger partial charge in [-0.1, -0.05) is 42.4 Å². The maximum atomic E-state index is 12.6. The van der Waals surface area contributed by atoms with Crippen LogP contribution in [-0.4, -0.2) is 26.9 Å². The Kier molecular flexibility index (Phi) is 4.98. The van der Waals surface area contributed by atoms with Crippen LogP contribution in [0.2, 0.25) is 0 Å². The van der Waals surface area contributed by atoms with E-state index in [2.05, 4.69) is 15.6 Å². The normalized spacial score (nSPS) is 11.7. The smallest absolute Gasteiger partial charge is 0.348 e. The molecule has 1 amide bonds. The molecule has 7 nitrogen and oxygen atoms in total. The second kappa shape index (κ2) is 7.22. The van der Waals surface area contributed by atoms with Gasteiger partial charge in [-0.25, -0.2) is 4.98 Å². The van der Waals surface area contributed by atoms with Crippen LogP contribution in [0.25, 0.3) is 11.1 Å². The fourth-order valence-corrected chi connectivity index (χ4v) is 2.58. The number of carbonyl (C=O) groups is 1. The van der Waals surface area contributed by atoms with Crippen molar-refractivity contribution in [1.29, 1.82) is 0 Å². The average molecular weight is 380 g/mol. The molecule has 0 atom stereocenters. The van der Waals surface area contributed by atoms with Gasteiger partial charge in [-0.2, -0.15) is 17.8 Å². The van der Waals surface area contributed by atoms with Crippen molar-refractivity contribution < 1.29 is 22.5 Å². The molecule has 0 saturated heterocycles. The summed E-state index contributed by atoms with van der Waals surface area (Å²) in [5.74, 6) is -0.380. The molecule has 0 aliphatic rings. The zero-order chi connectivity index (χ0) is 19.6. The standard InChI is InChI=1S/C17H15F3N4O3/c1-2-12-21-14-11(9-17(18,19)20)23-27-15(14)16(26)24(12)22-13(25)8-10-6-4-3-5-7-10/h3-7H,2,8-9H2,1H3,(H,22,25). The van der Waals surface area contributed by atoms with Crippen LogP contribution in [0.15, 0.2) is 39.6 Å². The number of hydrogen-bond acceptors (Lipinski definition) is 5. The third-order valence-electron chi connectivity index (χ3n) is 3.76. The molecule has 0 saturated carbocycles. The van der Waals surface area contributed by atoms with Crippen molar-refractivity contribution in [3.8, 4) is 0 Å². The van der Waals surface area contributed by atoms with Gasteiger partial charge in [0.15, 0.2) is 0 Å². The SMILES string of the molecule is CCc1nc2c(CC(F)(F)F)noc2c(=O)n1NC(=O)Cc1ccccc1. The van der Waals surface area contributed by atoms with Gasteiger partial charge >= 0.3 is 11.7 Å². The lowest BCUT2D eigenvalue weighted by Gasteiger charge is -2.12. The van der Waals surface area contributed by atoms with Gasteiger partial charge in [0.1, 0.15) is 17.0 Å². The largest absolute Gasteiger partial charge is 0.394 e. The zero-order valence-corrected chi connectivity index (χ0v) is 14.2. The van der Waals surface area contributed by atoms with Gasteiger partial charge < -0.3 is 4.52 Å². The zero-order valence-electron chi connectivity index (χ0n) is 14.2. The van der Waals surface area contributed by atoms with Crippen molar-refractivity contribution in [3.05, 3.63) is 57.8 Å². The Bertz CT molecular complexity index is 1030. The summed E-state index contributed by atoms with van der Waals surface area (Å²) in [6.45, 7) is 1.66. The Labute approximate surface area is 150 Å². The molecule has 0 radical (unpaired) electrons. The molecular formula is C17H15F3N4O3. The van der Waals surface area contributed by atoms with Crippen molar-refractivity contribution in [3.63, 3.8) is 0 Å². The second-order valence-corrected chi connectivity index (χ2v) is 5.82. The summed E-state index contributed by atoms with van der Waals surface area (Å²) in [7, 11) is 0. The van der Waals surface area contributed by atoms with E-state index in [4.69, 9.17) is 4.52 Å². The number of halogens is 3. The maximum absolute atomic E-state index is 12.6. The number of rotatable bonds is 5. The van der Waals surface area contributed by atoms with E-state index in [1.165, 1.54) is 0 Å². The summed E-state index contributed by atoms with van der Waals surface area (Å²) in [5.41, 5.74) is 1.19. The molecule has 0 aliphatic carbocycles. The van der Waals surface area contributed by atoms with E-state index in [9.17, 15) is 22.8 Å². The number of aryl methyl sites for hydroxylation is 1. The van der Waals surface area contributed by atoms with E-state index in [1.807, 2.05) is 0 Å². The molecule has 0 aliphatic heterocycles. The molecule has 2 aromatic heterocycles. The molecule has 10 heteroatoms. The van der Waals surface area contributed by atoms with Crippen molar-refractivity contribution in [2.75, 3.05) is 5.43 Å². The highest BCUT2D eigenvalue weighted by molar-refractivity contribution is 5.86. The highest BCUT2D eigenvalue weighted by atomic mass is 19.4. The molecule has 0 unspecified atom stereocenters. The molecule has 142 valence electrons. The van der Waals surface area contributed by atoms with Gasteiger partial charge in [0.2, 0.25) is 5.91 Å². The molecule has 0 spiro atoms. The molecule has 3 rings (SSSR count). The summed E-state index contributed by atoms with van der Waals surface area (Å²) in [6.07, 6.45) is -5.66. The average Bonchev–Trinajstić information content (AvgIpc) is 2.99. The predicted octanol–water partition coefficient (Wildman–Crippen LogP) is 2.36. The highest BCUT2D eigenvalue weighted by Gasteiger charge is 2.32. The quantitative estimate of drug-likeness (QED) is 0.734. The molecule has 1 aromatic carbocycles. The van der Waals surface area contributed by atoms with Gasteiger partial charge in [0.25, 0.3) is 5.58 Å². The predicted molar refractivity (Wildman–Crippen MR) is 89.7 cm³/mol. The minimum atomic E-state index is -4.52. The minimum absolute atomic E-state index is 0.0181. The number of benzene rings is 1. The number of alkyl halides is 3. The first-order chi connectivity index (χ1) is 12.8. The van der Waals surface area contributed by atoms with E-state index in [-0.39, 0.29) is 24.2 Å². The summed E-state index contributed by atoms with van der Waals surface area (Å²) < 4.78 is 43.6. The van der Waals surface area contributed by atoms with Crippen molar-refractivity contribution in [2.45, 2.75) is 32.4 Å². The fraction of sp³-hybridized carbons (Fsp3) is 0.294. The van der Waals surface area contributed by atoms with Crippen LogP contribution >= 0.6 is 0 Å². The second-order valence-electron chi connectivity index (χ2n) is 5.82. The van der Waals surface area contributed by atoms with Crippen LogP contribution in [0.3, 0.4) is 0 Å². The van der Waals surface area contributed by atoms with Gasteiger partial charge in [0, 0.05) is 6.42 Å². The Morgan fingerprint density at radius 1 is 1.26 bits per heavy atom. The van der Waals surface area contributed by atoms with Crippen molar-refractivity contribution >= 4 is 17.0 Å². The Hall–Kier alpha value is -3.17. The first kappa shape index (κ1) is 18.6. The van der Waals surface area contributed by atoms with Gasteiger partial charge in [-0.05, 0) is 5.56 Å². The van der Waals surface area contributed by atoms with Crippen LogP contribution in [-0.2, 0) is 24.1 Å². The number of hydrogen-bond donors (Lipinski definition) is 1. The van der Waals surface area contributed by atoms with Gasteiger partial charge in [-0.15, -0.1) is 0 Å². The summed E-state index contributed by atoms with van der Waals surface area (Å²) in [6, 6.07) is 8.86. The van der Waals surface area contributed by atoms with E-state index in [0.717, 1.165) is 10.2 Å². The lowest BCUT2D eigenvalue weighted by Crippen LogP contribution is -2.36. The minimum Gasteiger partial charge on any atom is -0.348 e. The van der Waals surface area contributed by atoms with Gasteiger partial charge in [0.05, 0.1) is 12.8 Å². The van der Waals surface area contributed by atoms with Crippen LogP contribution in [0.4, 0.5) is 13.2 Å². The molecule has 0 fully saturated rings. The van der Waals surface area contributed by atoms with E-state index in [1.54, 1.807) is 37.3 Å². The fourth-order valence-electron chi connectivity index (χ4n) is 2.58. The Morgan fingerprint density at radius 2 is 1.96 bits per heavy atom. The van der Waals surface area contributed by atoms with Crippen LogP contribution in [0, 0.1) is 0 Å². The van der Waals surface area contributed by atoms with Crippen molar-refractivity contribution in [2.24, 2.45) is 0 Å². The molecule has 1 N–H and O–H groups in total. The lowest BCUT2D eigenvalue weighted by molar-refractivity contribution is -0.128. The molecule has 27 heavy (non-hydrogen) atoms. The summed E-state index contributed by atoms with van der Waals surface area (Å²) in [4.78, 5) is 28.9. The molecular weight excluding hydrogens is 365 g/mol. The number of fused-ring (bicyclic) bond motifs is 1. The summed E-state index contributed by atoms with van der Waals surface area (Å²) >= 11 is 0. The van der Waals surface area contributed by atoms with Crippen molar-refractivity contribution in [1.82, 2.24) is 14.8 Å². The number of nitrogens with zero attached hydrogens (tertiary/aromatic N) is 3. The first-order valence-corrected chi connectivity index (χ1v) is 8.09. The van der Waals surface area contributed by atoms with Crippen LogP contribution in [0.5, 0.6) is 0 Å². The van der Waals surface area contributed by atoms with E-state index in [0.29, 0.717) is 0 Å². The maximum Gasteiger partial charge on any atom is 0.394 e. The number of aromatic nitrogens is 3. The topological polar surface area (TPSA) is 90.0 Å². The molecule has 0 bridgehead atoms. The third-order valence-corrected chi connectivity index (χ3v) is 3.76. The Morgan fingerprint density at radius 3 is 2.59 bits per heavy atom. The van der Waals surface area contributed by atoms with Crippen LogP contribution < -0.4 is 11.0 Å². The monoisotopic (exact) mass is 380 g/mol. The highest BCUT2D eigenvalue weighted by Crippen LogP contribution is 2.24. The summed E-state index contributed by atoms with van der Waals surface area (Å²) in [5, 5.41) is 3.32. The molecule has 2 heterocycles. The number of nitrogens with one attached hydrogen (secondary N) is 1. The number of carbonyl (C=O) groups excluding carboxylic acids is 1.